The van der Waals surface area contributed by atoms with E-state index >= 15 is 0 Å². The molecule has 4 nitrogen and oxygen atoms in total. The van der Waals surface area contributed by atoms with Crippen LogP contribution in [0, 0.1) is 0 Å². The van der Waals surface area contributed by atoms with Gasteiger partial charge in [-0.25, -0.2) is 4.79 Å². The highest BCUT2D eigenvalue weighted by Crippen LogP contribution is 2.19. The first-order valence-corrected chi connectivity index (χ1v) is 7.37. The Morgan fingerprint density at radius 1 is 1.17 bits per heavy atom. The Morgan fingerprint density at radius 2 is 1.87 bits per heavy atom. The Hall–Kier alpha value is -2.88. The van der Waals surface area contributed by atoms with Gasteiger partial charge in [-0.05, 0) is 49.8 Å². The number of carboxylic acid groups (broad SMARTS) is 1. The summed E-state index contributed by atoms with van der Waals surface area (Å²) in [5, 5.41) is 8.87. The molecular weight excluding hydrogens is 290 g/mol. The Labute approximate surface area is 135 Å². The molecule has 0 fully saturated rings. The van der Waals surface area contributed by atoms with E-state index in [2.05, 4.69) is 4.99 Å². The number of aliphatic imine (C=N–C) groups is 1. The van der Waals surface area contributed by atoms with Gasteiger partial charge in [-0.15, -0.1) is 0 Å². The van der Waals surface area contributed by atoms with Crippen LogP contribution in [0.25, 0.3) is 6.08 Å². The lowest BCUT2D eigenvalue weighted by Crippen LogP contribution is -1.95. The van der Waals surface area contributed by atoms with Crippen LogP contribution in [0.15, 0.2) is 59.1 Å². The van der Waals surface area contributed by atoms with E-state index in [1.165, 1.54) is 0 Å². The third kappa shape index (κ3) is 4.81. The summed E-state index contributed by atoms with van der Waals surface area (Å²) < 4.78 is 5.56. The zero-order valence-corrected chi connectivity index (χ0v) is 13.2. The second-order valence-corrected chi connectivity index (χ2v) is 4.95. The zero-order valence-electron chi connectivity index (χ0n) is 13.2. The van der Waals surface area contributed by atoms with Crippen LogP contribution in [0.2, 0.25) is 0 Å². The summed E-state index contributed by atoms with van der Waals surface area (Å²) in [7, 11) is 0. The number of nitrogens with zero attached hydrogens (tertiary/aromatic N) is 1. The molecule has 2 aromatic carbocycles. The molecule has 118 valence electrons. The van der Waals surface area contributed by atoms with Gasteiger partial charge in [-0.2, -0.15) is 0 Å². The lowest BCUT2D eigenvalue weighted by atomic mass is 10.1. The molecule has 0 aromatic heterocycles. The van der Waals surface area contributed by atoms with Crippen LogP contribution in [0.3, 0.4) is 0 Å². The van der Waals surface area contributed by atoms with Gasteiger partial charge in [-0.1, -0.05) is 24.3 Å². The van der Waals surface area contributed by atoms with Crippen LogP contribution in [0.5, 0.6) is 5.75 Å². The third-order valence-corrected chi connectivity index (χ3v) is 3.19. The minimum atomic E-state index is -0.917. The number of rotatable bonds is 6. The van der Waals surface area contributed by atoms with Gasteiger partial charge in [0.25, 0.3) is 0 Å². The first-order chi connectivity index (χ1) is 11.1. The molecular formula is C19H19NO3. The highest BCUT2D eigenvalue weighted by molar-refractivity contribution is 5.91. The summed E-state index contributed by atoms with van der Waals surface area (Å²) >= 11 is 0. The Kier molecular flexibility index (Phi) is 5.69. The van der Waals surface area contributed by atoms with Crippen LogP contribution in [0.1, 0.15) is 25.0 Å². The van der Waals surface area contributed by atoms with Crippen molar-refractivity contribution in [1.82, 2.24) is 0 Å². The lowest BCUT2D eigenvalue weighted by Gasteiger charge is -2.05. The summed E-state index contributed by atoms with van der Waals surface area (Å²) in [5.41, 5.74) is 2.84. The first kappa shape index (κ1) is 16.5. The molecule has 0 heterocycles. The molecule has 0 aliphatic rings. The molecule has 0 bridgehead atoms. The number of ether oxygens (including phenoxy) is 1. The molecule has 4 heteroatoms. The smallest absolute Gasteiger partial charge is 0.331 e. The van der Waals surface area contributed by atoms with Crippen molar-refractivity contribution < 1.29 is 14.6 Å². The second kappa shape index (κ2) is 7.94. The van der Waals surface area contributed by atoms with E-state index in [-0.39, 0.29) is 0 Å². The summed E-state index contributed by atoms with van der Waals surface area (Å²) in [5.74, 6) is -0.116. The van der Waals surface area contributed by atoms with E-state index in [0.29, 0.717) is 12.2 Å². The molecule has 2 rings (SSSR count). The molecule has 0 saturated heterocycles. The summed E-state index contributed by atoms with van der Waals surface area (Å²) in [4.78, 5) is 15.2. The number of carboxylic acids is 1. The number of hydrogen-bond acceptors (Lipinski definition) is 3. The van der Waals surface area contributed by atoms with Crippen molar-refractivity contribution in [3.8, 4) is 5.75 Å². The van der Waals surface area contributed by atoms with Gasteiger partial charge in [0.05, 0.1) is 12.3 Å². The number of aliphatic carboxylic acids is 1. The molecule has 23 heavy (non-hydrogen) atoms. The average Bonchev–Trinajstić information content (AvgIpc) is 2.55. The van der Waals surface area contributed by atoms with Crippen LogP contribution in [-0.2, 0) is 4.79 Å². The van der Waals surface area contributed by atoms with Crippen LogP contribution < -0.4 is 4.74 Å². The largest absolute Gasteiger partial charge is 0.493 e. The maximum Gasteiger partial charge on any atom is 0.331 e. The van der Waals surface area contributed by atoms with E-state index < -0.39 is 5.97 Å². The lowest BCUT2D eigenvalue weighted by molar-refractivity contribution is -0.132. The van der Waals surface area contributed by atoms with E-state index in [0.717, 1.165) is 22.6 Å². The molecule has 0 saturated carbocycles. The summed E-state index contributed by atoms with van der Waals surface area (Å²) in [6.07, 6.45) is 3.39. The molecule has 0 atom stereocenters. The van der Waals surface area contributed by atoms with Gasteiger partial charge in [0.1, 0.15) is 5.75 Å². The summed E-state index contributed by atoms with van der Waals surface area (Å²) in [6, 6.07) is 15.1. The van der Waals surface area contributed by atoms with E-state index in [9.17, 15) is 4.79 Å². The molecule has 0 unspecified atom stereocenters. The molecule has 0 amide bonds. The van der Waals surface area contributed by atoms with Gasteiger partial charge in [0, 0.05) is 17.4 Å². The van der Waals surface area contributed by atoms with Crippen molar-refractivity contribution in [2.24, 2.45) is 4.99 Å². The zero-order chi connectivity index (χ0) is 16.7. The monoisotopic (exact) mass is 309 g/mol. The number of benzene rings is 2. The van der Waals surface area contributed by atoms with Crippen molar-refractivity contribution in [2.75, 3.05) is 6.61 Å². The fourth-order valence-corrected chi connectivity index (χ4v) is 1.99. The summed E-state index contributed by atoms with van der Waals surface area (Å²) in [6.45, 7) is 4.12. The van der Waals surface area contributed by atoms with E-state index in [4.69, 9.17) is 9.84 Å². The maximum atomic E-state index is 10.8. The fraction of sp³-hybridized carbons (Fsp3) is 0.158. The van der Waals surface area contributed by atoms with Gasteiger partial charge < -0.3 is 9.84 Å². The van der Waals surface area contributed by atoms with Crippen LogP contribution in [0.4, 0.5) is 5.69 Å². The fourth-order valence-electron chi connectivity index (χ4n) is 1.99. The number of hydrogen-bond donors (Lipinski definition) is 1. The number of para-hydroxylation sites is 1. The Balaban J connectivity index is 2.15. The van der Waals surface area contributed by atoms with Gasteiger partial charge in [0.15, 0.2) is 0 Å². The molecule has 0 spiro atoms. The van der Waals surface area contributed by atoms with E-state index in [1.807, 2.05) is 55.5 Å². The molecule has 0 aliphatic heterocycles. The highest BCUT2D eigenvalue weighted by atomic mass is 16.5. The minimum Gasteiger partial charge on any atom is -0.493 e. The average molecular weight is 309 g/mol. The Bertz CT molecular complexity index is 731. The predicted molar refractivity (Wildman–Crippen MR) is 92.6 cm³/mol. The van der Waals surface area contributed by atoms with Gasteiger partial charge >= 0.3 is 5.97 Å². The normalized spacial score (nSPS) is 11.7. The molecule has 1 N–H and O–H groups in total. The topological polar surface area (TPSA) is 58.9 Å². The second-order valence-electron chi connectivity index (χ2n) is 4.95. The molecule has 2 aromatic rings. The number of carbonyl (C=O) groups is 1. The Morgan fingerprint density at radius 3 is 2.52 bits per heavy atom. The standard InChI is InChI=1S/C19H19NO3/c1-3-23-18-7-5-4-6-16(18)13-20-17-10-8-15(9-11-17)12-14(2)19(21)22/h4-13H,3H2,1-2H3,(H,21,22)/b14-12+,20-13+. The van der Waals surface area contributed by atoms with Crippen molar-refractivity contribution in [3.05, 3.63) is 65.2 Å². The minimum absolute atomic E-state index is 0.298. The van der Waals surface area contributed by atoms with Gasteiger partial charge in [-0.3, -0.25) is 4.99 Å². The highest BCUT2D eigenvalue weighted by Gasteiger charge is 2.01. The van der Waals surface area contributed by atoms with Gasteiger partial charge in [0.2, 0.25) is 0 Å². The predicted octanol–water partition coefficient (Wildman–Crippen LogP) is 4.32. The van der Waals surface area contributed by atoms with Crippen molar-refractivity contribution >= 4 is 23.9 Å². The van der Waals surface area contributed by atoms with Crippen LogP contribution >= 0.6 is 0 Å². The molecule has 0 aliphatic carbocycles. The quantitative estimate of drug-likeness (QED) is 0.638. The van der Waals surface area contributed by atoms with Crippen molar-refractivity contribution in [3.63, 3.8) is 0 Å². The third-order valence-electron chi connectivity index (χ3n) is 3.19. The first-order valence-electron chi connectivity index (χ1n) is 7.37. The SMILES string of the molecule is CCOc1ccccc1/C=N/c1ccc(/C=C(\C)C(=O)O)cc1. The van der Waals surface area contributed by atoms with E-state index in [1.54, 1.807) is 19.2 Å². The van der Waals surface area contributed by atoms with Crippen molar-refractivity contribution in [2.45, 2.75) is 13.8 Å². The maximum absolute atomic E-state index is 10.8. The van der Waals surface area contributed by atoms with Crippen LogP contribution in [-0.4, -0.2) is 23.9 Å². The molecule has 0 radical (unpaired) electrons. The van der Waals surface area contributed by atoms with Crippen molar-refractivity contribution in [1.29, 1.82) is 0 Å².